The smallest absolute Gasteiger partial charge is 0.258 e. The zero-order chi connectivity index (χ0) is 15.7. The second-order valence-corrected chi connectivity index (χ2v) is 4.80. The lowest BCUT2D eigenvalue weighted by Gasteiger charge is -2.15. The summed E-state index contributed by atoms with van der Waals surface area (Å²) in [5.41, 5.74) is 0.506. The van der Waals surface area contributed by atoms with Gasteiger partial charge >= 0.3 is 0 Å². The van der Waals surface area contributed by atoms with Crippen LogP contribution in [0, 0.1) is 0 Å². The molecule has 1 rings (SSSR count). The summed E-state index contributed by atoms with van der Waals surface area (Å²) in [7, 11) is 0. The summed E-state index contributed by atoms with van der Waals surface area (Å²) >= 11 is 0. The average Bonchev–Trinajstić information content (AvgIpc) is 2.46. The number of carbonyl (C=O) groups is 2. The van der Waals surface area contributed by atoms with Crippen LogP contribution in [0.25, 0.3) is 0 Å². The first-order chi connectivity index (χ1) is 10.1. The zero-order valence-electron chi connectivity index (χ0n) is 12.8. The van der Waals surface area contributed by atoms with Crippen LogP contribution in [-0.2, 0) is 4.79 Å². The Morgan fingerprint density at radius 3 is 2.67 bits per heavy atom. The molecule has 5 heteroatoms. The molecule has 0 bridgehead atoms. The molecule has 116 valence electrons. The number of carbonyl (C=O) groups excluding carboxylic acids is 2. The monoisotopic (exact) mass is 293 g/mol. The highest BCUT2D eigenvalue weighted by atomic mass is 16.5. The summed E-state index contributed by atoms with van der Waals surface area (Å²) in [5, 5.41) is 2.86. The van der Waals surface area contributed by atoms with Crippen molar-refractivity contribution in [3.8, 4) is 11.5 Å². The van der Waals surface area contributed by atoms with Crippen molar-refractivity contribution < 1.29 is 19.1 Å². The average molecular weight is 293 g/mol. The molecule has 21 heavy (non-hydrogen) atoms. The van der Waals surface area contributed by atoms with Crippen molar-refractivity contribution in [1.82, 2.24) is 5.32 Å². The van der Waals surface area contributed by atoms with E-state index in [4.69, 9.17) is 9.47 Å². The van der Waals surface area contributed by atoms with Crippen molar-refractivity contribution in [2.45, 2.75) is 39.7 Å². The Kier molecular flexibility index (Phi) is 7.29. The summed E-state index contributed by atoms with van der Waals surface area (Å²) in [5.74, 6) is 0.759. The summed E-state index contributed by atoms with van der Waals surface area (Å²) in [6.07, 6.45) is 2.69. The highest BCUT2D eigenvalue weighted by molar-refractivity contribution is 5.78. The molecule has 1 N–H and O–H groups in total. The van der Waals surface area contributed by atoms with E-state index in [1.807, 2.05) is 13.8 Å². The van der Waals surface area contributed by atoms with Crippen LogP contribution >= 0.6 is 0 Å². The van der Waals surface area contributed by atoms with Gasteiger partial charge < -0.3 is 14.8 Å². The summed E-state index contributed by atoms with van der Waals surface area (Å²) in [6.45, 7) is 6.26. The van der Waals surface area contributed by atoms with Gasteiger partial charge in [0, 0.05) is 11.6 Å². The lowest BCUT2D eigenvalue weighted by molar-refractivity contribution is -0.123. The molecule has 0 aliphatic heterocycles. The van der Waals surface area contributed by atoms with E-state index >= 15 is 0 Å². The second-order valence-electron chi connectivity index (χ2n) is 4.80. The summed E-state index contributed by atoms with van der Waals surface area (Å²) in [6, 6.07) is 5.00. The van der Waals surface area contributed by atoms with Crippen LogP contribution in [0.15, 0.2) is 18.2 Å². The number of hydrogen-bond acceptors (Lipinski definition) is 4. The highest BCUT2D eigenvalue weighted by Crippen LogP contribution is 2.27. The minimum Gasteiger partial charge on any atom is -0.490 e. The van der Waals surface area contributed by atoms with E-state index in [0.29, 0.717) is 23.7 Å². The topological polar surface area (TPSA) is 64.6 Å². The predicted molar refractivity (Wildman–Crippen MR) is 81.0 cm³/mol. The fourth-order valence-corrected chi connectivity index (χ4v) is 1.95. The van der Waals surface area contributed by atoms with Crippen molar-refractivity contribution in [1.29, 1.82) is 0 Å². The van der Waals surface area contributed by atoms with Crippen LogP contribution in [0.5, 0.6) is 11.5 Å². The standard InChI is InChI=1S/C16H23NO4/c1-4-6-12(3)17-16(19)11-21-14-8-7-13(10-18)9-15(14)20-5-2/h7-10,12H,4-6,11H2,1-3H3,(H,17,19). The van der Waals surface area contributed by atoms with Gasteiger partial charge in [-0.2, -0.15) is 0 Å². The number of nitrogens with one attached hydrogen (secondary N) is 1. The number of ether oxygens (including phenoxy) is 2. The van der Waals surface area contributed by atoms with Crippen LogP contribution < -0.4 is 14.8 Å². The van der Waals surface area contributed by atoms with Crippen molar-refractivity contribution in [2.75, 3.05) is 13.2 Å². The second kappa shape index (κ2) is 9.00. The van der Waals surface area contributed by atoms with Crippen molar-refractivity contribution in [3.05, 3.63) is 23.8 Å². The molecule has 0 heterocycles. The van der Waals surface area contributed by atoms with Gasteiger partial charge in [0.2, 0.25) is 0 Å². The van der Waals surface area contributed by atoms with Crippen LogP contribution in [0.3, 0.4) is 0 Å². The Bertz CT molecular complexity index is 473. The van der Waals surface area contributed by atoms with Gasteiger partial charge in [-0.1, -0.05) is 13.3 Å². The molecule has 0 aliphatic rings. The van der Waals surface area contributed by atoms with Gasteiger partial charge in [0.05, 0.1) is 6.61 Å². The first kappa shape index (κ1) is 17.0. The van der Waals surface area contributed by atoms with Gasteiger partial charge in [-0.15, -0.1) is 0 Å². The highest BCUT2D eigenvalue weighted by Gasteiger charge is 2.10. The maximum Gasteiger partial charge on any atom is 0.258 e. The third-order valence-corrected chi connectivity index (χ3v) is 2.89. The van der Waals surface area contributed by atoms with Gasteiger partial charge in [0.15, 0.2) is 18.1 Å². The van der Waals surface area contributed by atoms with Crippen molar-refractivity contribution in [2.24, 2.45) is 0 Å². The minimum atomic E-state index is -0.169. The Balaban J connectivity index is 2.61. The van der Waals surface area contributed by atoms with E-state index in [9.17, 15) is 9.59 Å². The molecule has 1 atom stereocenters. The SMILES string of the molecule is CCCC(C)NC(=O)COc1ccc(C=O)cc1OCC. The molecule has 0 aromatic heterocycles. The van der Waals surface area contributed by atoms with Crippen molar-refractivity contribution >= 4 is 12.2 Å². The molecule has 0 aliphatic carbocycles. The minimum absolute atomic E-state index is 0.0748. The molecular weight excluding hydrogens is 270 g/mol. The predicted octanol–water partition coefficient (Wildman–Crippen LogP) is 2.58. The van der Waals surface area contributed by atoms with E-state index < -0.39 is 0 Å². The molecule has 1 aromatic carbocycles. The number of benzene rings is 1. The molecule has 1 unspecified atom stereocenters. The maximum absolute atomic E-state index is 11.8. The maximum atomic E-state index is 11.8. The van der Waals surface area contributed by atoms with Gasteiger partial charge in [-0.3, -0.25) is 9.59 Å². The first-order valence-electron chi connectivity index (χ1n) is 7.24. The van der Waals surface area contributed by atoms with Crippen molar-refractivity contribution in [3.63, 3.8) is 0 Å². The number of rotatable bonds is 9. The van der Waals surface area contributed by atoms with Crippen LogP contribution in [-0.4, -0.2) is 31.4 Å². The summed E-state index contributed by atoms with van der Waals surface area (Å²) in [4.78, 5) is 22.5. The van der Waals surface area contributed by atoms with E-state index in [0.717, 1.165) is 19.1 Å². The fraction of sp³-hybridized carbons (Fsp3) is 0.500. The quantitative estimate of drug-likeness (QED) is 0.711. The van der Waals surface area contributed by atoms with Gasteiger partial charge in [0.25, 0.3) is 5.91 Å². The van der Waals surface area contributed by atoms with E-state index in [2.05, 4.69) is 12.2 Å². The summed E-state index contributed by atoms with van der Waals surface area (Å²) < 4.78 is 10.9. The van der Waals surface area contributed by atoms with Gasteiger partial charge in [-0.05, 0) is 38.5 Å². The third kappa shape index (κ3) is 5.85. The zero-order valence-corrected chi connectivity index (χ0v) is 12.8. The largest absolute Gasteiger partial charge is 0.490 e. The molecular formula is C16H23NO4. The lowest BCUT2D eigenvalue weighted by atomic mass is 10.2. The molecule has 0 saturated heterocycles. The molecule has 0 spiro atoms. The molecule has 5 nitrogen and oxygen atoms in total. The van der Waals surface area contributed by atoms with E-state index in [-0.39, 0.29) is 18.6 Å². The number of amides is 1. The fourth-order valence-electron chi connectivity index (χ4n) is 1.95. The molecule has 1 aromatic rings. The Hall–Kier alpha value is -2.04. The Morgan fingerprint density at radius 2 is 2.05 bits per heavy atom. The lowest BCUT2D eigenvalue weighted by Crippen LogP contribution is -2.35. The normalized spacial score (nSPS) is 11.6. The molecule has 0 fully saturated rings. The number of aldehydes is 1. The van der Waals surface area contributed by atoms with Crippen LogP contribution in [0.2, 0.25) is 0 Å². The Morgan fingerprint density at radius 1 is 1.29 bits per heavy atom. The third-order valence-electron chi connectivity index (χ3n) is 2.89. The molecule has 0 saturated carbocycles. The first-order valence-corrected chi connectivity index (χ1v) is 7.24. The molecule has 1 amide bonds. The van der Waals surface area contributed by atoms with Gasteiger partial charge in [-0.25, -0.2) is 0 Å². The van der Waals surface area contributed by atoms with Crippen LogP contribution in [0.4, 0.5) is 0 Å². The Labute approximate surface area is 125 Å². The molecule has 0 radical (unpaired) electrons. The van der Waals surface area contributed by atoms with E-state index in [1.54, 1.807) is 18.2 Å². The van der Waals surface area contributed by atoms with E-state index in [1.165, 1.54) is 0 Å². The number of hydrogen-bond donors (Lipinski definition) is 1. The van der Waals surface area contributed by atoms with Crippen LogP contribution in [0.1, 0.15) is 44.0 Å². The van der Waals surface area contributed by atoms with Gasteiger partial charge in [0.1, 0.15) is 6.29 Å².